The number of aryl methyl sites for hydroxylation is 2. The van der Waals surface area contributed by atoms with Gasteiger partial charge in [-0.05, 0) is 54.8 Å². The molecule has 0 aliphatic carbocycles. The SMILES string of the molecule is COc1ccc(C(CNC(=O)COc2cc(C)c(Cl)c(C)c2)N2CCOCC2)cc1. The number of amides is 1. The van der Waals surface area contributed by atoms with Crippen molar-refractivity contribution in [2.75, 3.05) is 46.6 Å². The van der Waals surface area contributed by atoms with Crippen molar-refractivity contribution in [2.45, 2.75) is 19.9 Å². The first-order valence-corrected chi connectivity index (χ1v) is 10.5. The quantitative estimate of drug-likeness (QED) is 0.691. The fourth-order valence-electron chi connectivity index (χ4n) is 3.57. The van der Waals surface area contributed by atoms with Crippen molar-refractivity contribution in [3.63, 3.8) is 0 Å². The third kappa shape index (κ3) is 5.88. The Labute approximate surface area is 183 Å². The van der Waals surface area contributed by atoms with Crippen LogP contribution in [0.4, 0.5) is 0 Å². The van der Waals surface area contributed by atoms with E-state index < -0.39 is 0 Å². The molecule has 3 rings (SSSR count). The molecule has 0 saturated carbocycles. The largest absolute Gasteiger partial charge is 0.497 e. The molecule has 0 bridgehead atoms. The number of halogens is 1. The summed E-state index contributed by atoms with van der Waals surface area (Å²) in [4.78, 5) is 14.8. The zero-order valence-electron chi connectivity index (χ0n) is 17.7. The van der Waals surface area contributed by atoms with E-state index in [-0.39, 0.29) is 18.6 Å². The van der Waals surface area contributed by atoms with E-state index in [1.165, 1.54) is 0 Å². The molecule has 6 nitrogen and oxygen atoms in total. The lowest BCUT2D eigenvalue weighted by Crippen LogP contribution is -2.44. The number of nitrogens with one attached hydrogen (secondary N) is 1. The first kappa shape index (κ1) is 22.4. The van der Waals surface area contributed by atoms with Gasteiger partial charge in [0.1, 0.15) is 11.5 Å². The Hall–Kier alpha value is -2.28. The molecule has 30 heavy (non-hydrogen) atoms. The zero-order valence-corrected chi connectivity index (χ0v) is 18.5. The average molecular weight is 433 g/mol. The number of ether oxygens (including phenoxy) is 3. The summed E-state index contributed by atoms with van der Waals surface area (Å²) < 4.78 is 16.4. The number of morpholine rings is 1. The Morgan fingerprint density at radius 3 is 2.37 bits per heavy atom. The topological polar surface area (TPSA) is 60.0 Å². The Bertz CT molecular complexity index is 828. The van der Waals surface area contributed by atoms with Crippen LogP contribution < -0.4 is 14.8 Å². The smallest absolute Gasteiger partial charge is 0.258 e. The minimum absolute atomic E-state index is 0.0427. The normalized spacial score (nSPS) is 15.5. The van der Waals surface area contributed by atoms with E-state index in [2.05, 4.69) is 10.2 Å². The summed E-state index contributed by atoms with van der Waals surface area (Å²) in [6.45, 7) is 7.33. The van der Waals surface area contributed by atoms with E-state index in [1.807, 2.05) is 50.2 Å². The summed E-state index contributed by atoms with van der Waals surface area (Å²) in [7, 11) is 1.65. The molecule has 1 fully saturated rings. The molecule has 7 heteroatoms. The molecule has 0 radical (unpaired) electrons. The van der Waals surface area contributed by atoms with Crippen LogP contribution in [0.3, 0.4) is 0 Å². The Morgan fingerprint density at radius 1 is 1.13 bits per heavy atom. The number of benzene rings is 2. The molecule has 1 aliphatic heterocycles. The van der Waals surface area contributed by atoms with Gasteiger partial charge in [-0.1, -0.05) is 23.7 Å². The molecule has 162 valence electrons. The monoisotopic (exact) mass is 432 g/mol. The second-order valence-electron chi connectivity index (χ2n) is 7.40. The van der Waals surface area contributed by atoms with Crippen molar-refractivity contribution in [2.24, 2.45) is 0 Å². The summed E-state index contributed by atoms with van der Waals surface area (Å²) in [6, 6.07) is 11.7. The number of carbonyl (C=O) groups excluding carboxylic acids is 1. The Balaban J connectivity index is 1.60. The fourth-order valence-corrected chi connectivity index (χ4v) is 3.68. The molecule has 1 N–H and O–H groups in total. The van der Waals surface area contributed by atoms with Crippen molar-refractivity contribution >= 4 is 17.5 Å². The summed E-state index contributed by atoms with van der Waals surface area (Å²) in [5.41, 5.74) is 2.99. The van der Waals surface area contributed by atoms with Gasteiger partial charge >= 0.3 is 0 Å². The van der Waals surface area contributed by atoms with Gasteiger partial charge in [0, 0.05) is 24.7 Å². The number of methoxy groups -OCH3 is 1. The van der Waals surface area contributed by atoms with Gasteiger partial charge in [0.2, 0.25) is 0 Å². The van der Waals surface area contributed by atoms with Crippen LogP contribution >= 0.6 is 11.6 Å². The molecule has 0 aromatic heterocycles. The molecule has 1 atom stereocenters. The highest BCUT2D eigenvalue weighted by Crippen LogP contribution is 2.26. The predicted molar refractivity (Wildman–Crippen MR) is 118 cm³/mol. The van der Waals surface area contributed by atoms with Crippen LogP contribution in [0.5, 0.6) is 11.5 Å². The maximum absolute atomic E-state index is 12.4. The maximum Gasteiger partial charge on any atom is 0.258 e. The van der Waals surface area contributed by atoms with Crippen LogP contribution in [0, 0.1) is 13.8 Å². The van der Waals surface area contributed by atoms with Crippen LogP contribution in [-0.2, 0) is 9.53 Å². The zero-order chi connectivity index (χ0) is 21.5. The molecule has 0 spiro atoms. The van der Waals surface area contributed by atoms with Crippen molar-refractivity contribution < 1.29 is 19.0 Å². The van der Waals surface area contributed by atoms with Crippen molar-refractivity contribution in [1.82, 2.24) is 10.2 Å². The molecular formula is C23H29ClN2O4. The third-order valence-corrected chi connectivity index (χ3v) is 5.86. The maximum atomic E-state index is 12.4. The van der Waals surface area contributed by atoms with Gasteiger partial charge < -0.3 is 19.5 Å². The third-order valence-electron chi connectivity index (χ3n) is 5.26. The van der Waals surface area contributed by atoms with Crippen molar-refractivity contribution in [3.8, 4) is 11.5 Å². The van der Waals surface area contributed by atoms with Gasteiger partial charge in [0.15, 0.2) is 6.61 Å². The highest BCUT2D eigenvalue weighted by molar-refractivity contribution is 6.32. The minimum Gasteiger partial charge on any atom is -0.497 e. The lowest BCUT2D eigenvalue weighted by molar-refractivity contribution is -0.123. The van der Waals surface area contributed by atoms with Crippen LogP contribution in [-0.4, -0.2) is 57.4 Å². The predicted octanol–water partition coefficient (Wildman–Crippen LogP) is 3.53. The second-order valence-corrected chi connectivity index (χ2v) is 7.78. The van der Waals surface area contributed by atoms with Gasteiger partial charge in [-0.3, -0.25) is 9.69 Å². The summed E-state index contributed by atoms with van der Waals surface area (Å²) in [5, 5.41) is 3.74. The van der Waals surface area contributed by atoms with Gasteiger partial charge in [0.25, 0.3) is 5.91 Å². The van der Waals surface area contributed by atoms with E-state index in [4.69, 9.17) is 25.8 Å². The van der Waals surface area contributed by atoms with Gasteiger partial charge in [-0.2, -0.15) is 0 Å². The van der Waals surface area contributed by atoms with E-state index in [0.29, 0.717) is 25.5 Å². The number of rotatable bonds is 8. The van der Waals surface area contributed by atoms with E-state index >= 15 is 0 Å². The number of hydrogen-bond donors (Lipinski definition) is 1. The Morgan fingerprint density at radius 2 is 1.77 bits per heavy atom. The van der Waals surface area contributed by atoms with E-state index in [0.717, 1.165) is 40.6 Å². The molecule has 2 aromatic carbocycles. The highest BCUT2D eigenvalue weighted by Gasteiger charge is 2.23. The fraction of sp³-hybridized carbons (Fsp3) is 0.435. The highest BCUT2D eigenvalue weighted by atomic mass is 35.5. The summed E-state index contributed by atoms with van der Waals surface area (Å²) >= 11 is 6.19. The van der Waals surface area contributed by atoms with Crippen molar-refractivity contribution in [3.05, 3.63) is 58.1 Å². The lowest BCUT2D eigenvalue weighted by atomic mass is 10.0. The summed E-state index contributed by atoms with van der Waals surface area (Å²) in [6.07, 6.45) is 0. The standard InChI is InChI=1S/C23H29ClN2O4/c1-16-12-20(13-17(2)23(16)24)30-15-22(27)25-14-21(26-8-10-29-11-9-26)18-4-6-19(28-3)7-5-18/h4-7,12-13,21H,8-11,14-15H2,1-3H3,(H,25,27). The number of hydrogen-bond acceptors (Lipinski definition) is 5. The molecular weight excluding hydrogens is 404 g/mol. The van der Waals surface area contributed by atoms with Gasteiger partial charge in [-0.15, -0.1) is 0 Å². The lowest BCUT2D eigenvalue weighted by Gasteiger charge is -2.35. The molecule has 2 aromatic rings. The van der Waals surface area contributed by atoms with E-state index in [9.17, 15) is 4.79 Å². The number of nitrogens with zero attached hydrogens (tertiary/aromatic N) is 1. The number of carbonyl (C=O) groups is 1. The average Bonchev–Trinajstić information content (AvgIpc) is 2.77. The van der Waals surface area contributed by atoms with Crippen LogP contribution in [0.25, 0.3) is 0 Å². The molecule has 1 unspecified atom stereocenters. The van der Waals surface area contributed by atoms with Crippen LogP contribution in [0.1, 0.15) is 22.7 Å². The molecule has 1 amide bonds. The van der Waals surface area contributed by atoms with Gasteiger partial charge in [-0.25, -0.2) is 0 Å². The Kier molecular flexibility index (Phi) is 7.96. The molecule has 1 aliphatic rings. The van der Waals surface area contributed by atoms with Crippen LogP contribution in [0.15, 0.2) is 36.4 Å². The van der Waals surface area contributed by atoms with Crippen LogP contribution in [0.2, 0.25) is 5.02 Å². The van der Waals surface area contributed by atoms with Crippen molar-refractivity contribution in [1.29, 1.82) is 0 Å². The molecule has 1 saturated heterocycles. The van der Waals surface area contributed by atoms with Gasteiger partial charge in [0.05, 0.1) is 26.4 Å². The second kappa shape index (κ2) is 10.7. The van der Waals surface area contributed by atoms with E-state index in [1.54, 1.807) is 7.11 Å². The summed E-state index contributed by atoms with van der Waals surface area (Å²) in [5.74, 6) is 1.29. The first-order valence-electron chi connectivity index (χ1n) is 10.1. The first-order chi connectivity index (χ1) is 14.5. The minimum atomic E-state index is -0.160. The molecule has 1 heterocycles.